The van der Waals surface area contributed by atoms with Gasteiger partial charge in [-0.2, -0.15) is 0 Å². The molecule has 1 rings (SSSR count). The Labute approximate surface area is 114 Å². The van der Waals surface area contributed by atoms with Crippen molar-refractivity contribution in [3.8, 4) is 0 Å². The lowest BCUT2D eigenvalue weighted by molar-refractivity contribution is 0.438. The van der Waals surface area contributed by atoms with Crippen LogP contribution >= 0.6 is 11.3 Å². The molecule has 0 aliphatic rings. The second kappa shape index (κ2) is 6.14. The van der Waals surface area contributed by atoms with E-state index in [2.05, 4.69) is 4.72 Å². The van der Waals surface area contributed by atoms with Crippen molar-refractivity contribution in [3.63, 3.8) is 0 Å². The average Bonchev–Trinajstić information content (AvgIpc) is 2.68. The fraction of sp³-hybridized carbons (Fsp3) is 0.667. The molecule has 0 bridgehead atoms. The molecule has 1 heterocycles. The molecule has 0 aliphatic carbocycles. The Bertz CT molecular complexity index is 492. The lowest BCUT2D eigenvalue weighted by Gasteiger charge is -2.19. The topological polar surface area (TPSA) is 72.2 Å². The highest BCUT2D eigenvalue weighted by Gasteiger charge is 2.23. The first-order valence-electron chi connectivity index (χ1n) is 6.13. The number of thiophene rings is 1. The molecule has 1 aromatic heterocycles. The fourth-order valence-corrected chi connectivity index (χ4v) is 4.72. The zero-order valence-corrected chi connectivity index (χ0v) is 13.0. The van der Waals surface area contributed by atoms with Gasteiger partial charge in [0.15, 0.2) is 0 Å². The summed E-state index contributed by atoms with van der Waals surface area (Å²) in [7, 11) is -3.42. The molecule has 1 aromatic rings. The van der Waals surface area contributed by atoms with E-state index in [0.717, 1.165) is 16.9 Å². The Kier molecular flexibility index (Phi) is 5.33. The highest BCUT2D eigenvalue weighted by molar-refractivity contribution is 7.91. The lowest BCUT2D eigenvalue weighted by atomic mass is 10.0. The first-order valence-corrected chi connectivity index (χ1v) is 8.43. The van der Waals surface area contributed by atoms with Gasteiger partial charge in [0.2, 0.25) is 10.0 Å². The Morgan fingerprint density at radius 2 is 2.06 bits per heavy atom. The third kappa shape index (κ3) is 3.54. The highest BCUT2D eigenvalue weighted by atomic mass is 32.2. The van der Waals surface area contributed by atoms with Crippen molar-refractivity contribution in [1.82, 2.24) is 4.72 Å². The SMILES string of the molecule is CCC(NS(=O)(=O)c1cc(C)c(CN)s1)C(C)C. The predicted octanol–water partition coefficient (Wildman–Crippen LogP) is 2.23. The van der Waals surface area contributed by atoms with E-state index in [1.807, 2.05) is 27.7 Å². The smallest absolute Gasteiger partial charge is 0.250 e. The molecule has 0 aromatic carbocycles. The van der Waals surface area contributed by atoms with Gasteiger partial charge in [0, 0.05) is 17.5 Å². The van der Waals surface area contributed by atoms with Crippen LogP contribution in [0.15, 0.2) is 10.3 Å². The summed E-state index contributed by atoms with van der Waals surface area (Å²) in [6, 6.07) is 1.67. The number of rotatable bonds is 6. The van der Waals surface area contributed by atoms with Crippen molar-refractivity contribution in [2.24, 2.45) is 11.7 Å². The summed E-state index contributed by atoms with van der Waals surface area (Å²) < 4.78 is 27.6. The van der Waals surface area contributed by atoms with Crippen LogP contribution in [0.3, 0.4) is 0 Å². The van der Waals surface area contributed by atoms with E-state index in [0.29, 0.717) is 10.8 Å². The maximum atomic E-state index is 12.2. The van der Waals surface area contributed by atoms with Crippen molar-refractivity contribution in [1.29, 1.82) is 0 Å². The summed E-state index contributed by atoms with van der Waals surface area (Å²) in [4.78, 5) is 0.924. The van der Waals surface area contributed by atoms with Gasteiger partial charge < -0.3 is 5.73 Å². The second-order valence-electron chi connectivity index (χ2n) is 4.76. The van der Waals surface area contributed by atoms with Crippen LogP contribution in [-0.2, 0) is 16.6 Å². The van der Waals surface area contributed by atoms with Crippen molar-refractivity contribution < 1.29 is 8.42 Å². The molecule has 4 nitrogen and oxygen atoms in total. The molecule has 0 spiro atoms. The lowest BCUT2D eigenvalue weighted by Crippen LogP contribution is -2.37. The van der Waals surface area contributed by atoms with Crippen LogP contribution in [-0.4, -0.2) is 14.5 Å². The highest BCUT2D eigenvalue weighted by Crippen LogP contribution is 2.26. The van der Waals surface area contributed by atoms with Crippen molar-refractivity contribution >= 4 is 21.4 Å². The molecular weight excluding hydrogens is 268 g/mol. The van der Waals surface area contributed by atoms with Crippen LogP contribution in [0.2, 0.25) is 0 Å². The first kappa shape index (κ1) is 15.6. The van der Waals surface area contributed by atoms with Crippen LogP contribution in [0.4, 0.5) is 0 Å². The number of sulfonamides is 1. The molecule has 0 saturated carbocycles. The van der Waals surface area contributed by atoms with Gasteiger partial charge in [0.05, 0.1) is 0 Å². The van der Waals surface area contributed by atoms with Crippen molar-refractivity contribution in [2.45, 2.75) is 50.9 Å². The van der Waals surface area contributed by atoms with E-state index >= 15 is 0 Å². The average molecular weight is 290 g/mol. The minimum absolute atomic E-state index is 0.0290. The molecule has 1 atom stereocenters. The fourth-order valence-electron chi connectivity index (χ4n) is 1.77. The Morgan fingerprint density at radius 3 is 2.44 bits per heavy atom. The zero-order valence-electron chi connectivity index (χ0n) is 11.4. The molecule has 0 fully saturated rings. The molecular formula is C12H22N2O2S2. The zero-order chi connectivity index (χ0) is 13.9. The first-order chi connectivity index (χ1) is 8.31. The third-order valence-electron chi connectivity index (χ3n) is 3.00. The van der Waals surface area contributed by atoms with E-state index in [9.17, 15) is 8.42 Å². The van der Waals surface area contributed by atoms with Gasteiger partial charge in [-0.05, 0) is 30.9 Å². The molecule has 3 N–H and O–H groups in total. The minimum Gasteiger partial charge on any atom is -0.326 e. The Hall–Kier alpha value is -0.430. The molecule has 0 saturated heterocycles. The van der Waals surface area contributed by atoms with Gasteiger partial charge in [-0.25, -0.2) is 13.1 Å². The van der Waals surface area contributed by atoms with Gasteiger partial charge in [-0.15, -0.1) is 11.3 Å². The van der Waals surface area contributed by atoms with Crippen LogP contribution < -0.4 is 10.5 Å². The standard InChI is InChI=1S/C12H22N2O2S2/c1-5-10(8(2)3)14-18(15,16)12-6-9(4)11(7-13)17-12/h6,8,10,14H,5,7,13H2,1-4H3. The van der Waals surface area contributed by atoms with Gasteiger partial charge in [0.25, 0.3) is 0 Å². The molecule has 0 aliphatic heterocycles. The van der Waals surface area contributed by atoms with E-state index < -0.39 is 10.0 Å². The number of hydrogen-bond acceptors (Lipinski definition) is 4. The van der Waals surface area contributed by atoms with E-state index in [-0.39, 0.29) is 12.0 Å². The van der Waals surface area contributed by atoms with E-state index in [1.165, 1.54) is 11.3 Å². The van der Waals surface area contributed by atoms with Gasteiger partial charge >= 0.3 is 0 Å². The van der Waals surface area contributed by atoms with Gasteiger partial charge in [-0.1, -0.05) is 20.8 Å². The normalized spacial score (nSPS) is 14.1. The van der Waals surface area contributed by atoms with Crippen LogP contribution in [0.1, 0.15) is 37.6 Å². The quantitative estimate of drug-likeness (QED) is 0.844. The summed E-state index contributed by atoms with van der Waals surface area (Å²) >= 11 is 1.26. The Morgan fingerprint density at radius 1 is 1.44 bits per heavy atom. The van der Waals surface area contributed by atoms with Crippen LogP contribution in [0.5, 0.6) is 0 Å². The maximum absolute atomic E-state index is 12.2. The largest absolute Gasteiger partial charge is 0.326 e. The summed E-state index contributed by atoms with van der Waals surface area (Å²) in [6.45, 7) is 8.28. The van der Waals surface area contributed by atoms with Crippen LogP contribution in [0, 0.1) is 12.8 Å². The van der Waals surface area contributed by atoms with Gasteiger partial charge in [-0.3, -0.25) is 0 Å². The number of aryl methyl sites for hydroxylation is 1. The number of hydrogen-bond donors (Lipinski definition) is 2. The second-order valence-corrected chi connectivity index (χ2v) is 7.83. The van der Waals surface area contributed by atoms with Crippen LogP contribution in [0.25, 0.3) is 0 Å². The van der Waals surface area contributed by atoms with E-state index in [1.54, 1.807) is 6.07 Å². The molecule has 104 valence electrons. The van der Waals surface area contributed by atoms with Crippen molar-refractivity contribution in [2.75, 3.05) is 0 Å². The molecule has 18 heavy (non-hydrogen) atoms. The molecule has 6 heteroatoms. The number of nitrogens with one attached hydrogen (secondary N) is 1. The minimum atomic E-state index is -3.42. The molecule has 0 amide bonds. The van der Waals surface area contributed by atoms with Crippen molar-refractivity contribution in [3.05, 3.63) is 16.5 Å². The third-order valence-corrected chi connectivity index (χ3v) is 6.22. The number of nitrogens with two attached hydrogens (primary N) is 1. The summed E-state index contributed by atoms with van der Waals surface area (Å²) in [6.07, 6.45) is 0.783. The monoisotopic (exact) mass is 290 g/mol. The summed E-state index contributed by atoms with van der Waals surface area (Å²) in [5, 5.41) is 0. The van der Waals surface area contributed by atoms with Gasteiger partial charge in [0.1, 0.15) is 4.21 Å². The molecule has 1 unspecified atom stereocenters. The predicted molar refractivity (Wildman–Crippen MR) is 76.2 cm³/mol. The summed E-state index contributed by atoms with van der Waals surface area (Å²) in [5.74, 6) is 0.278. The summed E-state index contributed by atoms with van der Waals surface area (Å²) in [5.41, 5.74) is 6.52. The van der Waals surface area contributed by atoms with E-state index in [4.69, 9.17) is 5.73 Å². The maximum Gasteiger partial charge on any atom is 0.250 e. The molecule has 0 radical (unpaired) electrons. The Balaban J connectivity index is 2.98.